The molecule has 11 heteroatoms. The number of amides is 1. The summed E-state index contributed by atoms with van der Waals surface area (Å²) in [6.07, 6.45) is -1.52. The minimum Gasteiger partial charge on any atom is -0.465 e. The number of rotatable bonds is 4. The van der Waals surface area contributed by atoms with E-state index >= 15 is 0 Å². The molecule has 0 unspecified atom stereocenters. The van der Waals surface area contributed by atoms with E-state index in [2.05, 4.69) is 4.98 Å². The Hall–Kier alpha value is -3.08. The summed E-state index contributed by atoms with van der Waals surface area (Å²) in [6.45, 7) is 1.78. The Labute approximate surface area is 130 Å². The molecule has 4 N–H and O–H groups in total. The summed E-state index contributed by atoms with van der Waals surface area (Å²) in [7, 11) is -4.22. The van der Waals surface area contributed by atoms with Gasteiger partial charge < -0.3 is 14.5 Å². The van der Waals surface area contributed by atoms with Crippen LogP contribution in [-0.4, -0.2) is 34.5 Å². The number of benzene rings is 1. The fourth-order valence-corrected chi connectivity index (χ4v) is 2.46. The van der Waals surface area contributed by atoms with Crippen LogP contribution in [0.2, 0.25) is 0 Å². The summed E-state index contributed by atoms with van der Waals surface area (Å²) in [5, 5.41) is 27.2. The number of carboxylic acid groups (broad SMARTS) is 1. The highest BCUT2D eigenvalue weighted by molar-refractivity contribution is 7.87. The SMILES string of the molecule is Cc1ccc(S(=O)(=O)Oc2cc(NC(=O)O)n(O)c(=N)n2)cc1. The molecule has 0 saturated heterocycles. The Balaban J connectivity index is 2.39. The van der Waals surface area contributed by atoms with Crippen LogP contribution in [-0.2, 0) is 10.1 Å². The monoisotopic (exact) mass is 340 g/mol. The molecule has 0 aliphatic heterocycles. The first-order valence-electron chi connectivity index (χ1n) is 6.08. The van der Waals surface area contributed by atoms with E-state index in [0.717, 1.165) is 11.6 Å². The summed E-state index contributed by atoms with van der Waals surface area (Å²) >= 11 is 0. The zero-order valence-electron chi connectivity index (χ0n) is 11.7. The summed E-state index contributed by atoms with van der Waals surface area (Å²) in [4.78, 5) is 13.9. The molecule has 0 aliphatic rings. The second-order valence-corrected chi connectivity index (χ2v) is 5.94. The topological polar surface area (TPSA) is 155 Å². The molecule has 2 rings (SSSR count). The molecule has 0 spiro atoms. The minimum absolute atomic E-state index is 0.124. The van der Waals surface area contributed by atoms with Crippen LogP contribution in [0.15, 0.2) is 35.2 Å². The Bertz CT molecular complexity index is 904. The maximum atomic E-state index is 12.1. The van der Waals surface area contributed by atoms with Crippen LogP contribution in [0.1, 0.15) is 5.56 Å². The number of aryl methyl sites for hydroxylation is 1. The lowest BCUT2D eigenvalue weighted by Crippen LogP contribution is -2.26. The van der Waals surface area contributed by atoms with Gasteiger partial charge in [-0.1, -0.05) is 17.7 Å². The summed E-state index contributed by atoms with van der Waals surface area (Å²) in [5.74, 6) is -1.06. The van der Waals surface area contributed by atoms with Crippen molar-refractivity contribution in [1.29, 1.82) is 5.41 Å². The van der Waals surface area contributed by atoms with Crippen LogP contribution in [0.25, 0.3) is 0 Å². The average molecular weight is 340 g/mol. The first-order chi connectivity index (χ1) is 10.7. The van der Waals surface area contributed by atoms with Crippen LogP contribution in [0, 0.1) is 12.3 Å². The fraction of sp³-hybridized carbons (Fsp3) is 0.0833. The van der Waals surface area contributed by atoms with E-state index in [1.807, 2.05) is 0 Å². The Kier molecular flexibility index (Phi) is 4.22. The van der Waals surface area contributed by atoms with E-state index in [1.165, 1.54) is 12.1 Å². The van der Waals surface area contributed by atoms with Crippen molar-refractivity contribution in [2.24, 2.45) is 0 Å². The molecule has 122 valence electrons. The molecule has 0 bridgehead atoms. The van der Waals surface area contributed by atoms with Crippen LogP contribution in [0.5, 0.6) is 5.88 Å². The maximum Gasteiger partial charge on any atom is 0.410 e. The molecule has 0 saturated carbocycles. The predicted molar refractivity (Wildman–Crippen MR) is 75.9 cm³/mol. The quantitative estimate of drug-likeness (QED) is 0.473. The van der Waals surface area contributed by atoms with E-state index in [1.54, 1.807) is 24.4 Å². The zero-order valence-corrected chi connectivity index (χ0v) is 12.5. The molecule has 0 fully saturated rings. The lowest BCUT2D eigenvalue weighted by Gasteiger charge is -2.10. The Morgan fingerprint density at radius 1 is 1.35 bits per heavy atom. The second-order valence-electron chi connectivity index (χ2n) is 4.40. The van der Waals surface area contributed by atoms with Crippen LogP contribution in [0.3, 0.4) is 0 Å². The lowest BCUT2D eigenvalue weighted by molar-refractivity contribution is 0.167. The number of carbonyl (C=O) groups is 1. The fourth-order valence-electron chi connectivity index (χ4n) is 1.58. The van der Waals surface area contributed by atoms with Gasteiger partial charge in [-0.25, -0.2) is 4.79 Å². The van der Waals surface area contributed by atoms with Gasteiger partial charge in [-0.2, -0.15) is 13.4 Å². The first kappa shape index (κ1) is 16.3. The van der Waals surface area contributed by atoms with Crippen molar-refractivity contribution in [2.75, 3.05) is 5.32 Å². The van der Waals surface area contributed by atoms with Crippen LogP contribution >= 0.6 is 0 Å². The number of nitrogens with one attached hydrogen (secondary N) is 2. The van der Waals surface area contributed by atoms with Gasteiger partial charge in [0.15, 0.2) is 5.82 Å². The standard InChI is InChI=1S/C12H12N4O6S/c1-7-2-4-8(5-3-7)23(20,21)22-10-6-9(14-12(17)18)16(19)11(13)15-10/h2-6,13-14,19H,1H3,(H,17,18). The van der Waals surface area contributed by atoms with Crippen molar-refractivity contribution in [2.45, 2.75) is 11.8 Å². The molecule has 10 nitrogen and oxygen atoms in total. The molecule has 1 heterocycles. The molecular weight excluding hydrogens is 328 g/mol. The van der Waals surface area contributed by atoms with E-state index in [4.69, 9.17) is 14.7 Å². The molecular formula is C12H12N4O6S. The highest BCUT2D eigenvalue weighted by Crippen LogP contribution is 2.18. The maximum absolute atomic E-state index is 12.1. The number of aromatic nitrogens is 2. The summed E-state index contributed by atoms with van der Waals surface area (Å²) < 4.78 is 29.1. The van der Waals surface area contributed by atoms with Gasteiger partial charge in [0.25, 0.3) is 5.62 Å². The highest BCUT2D eigenvalue weighted by Gasteiger charge is 2.19. The van der Waals surface area contributed by atoms with Crippen molar-refractivity contribution in [1.82, 2.24) is 9.71 Å². The highest BCUT2D eigenvalue weighted by atomic mass is 32.2. The van der Waals surface area contributed by atoms with Crippen LogP contribution < -0.4 is 15.1 Å². The zero-order chi connectivity index (χ0) is 17.2. The van der Waals surface area contributed by atoms with Crippen molar-refractivity contribution in [3.63, 3.8) is 0 Å². The molecule has 1 amide bonds. The van der Waals surface area contributed by atoms with Crippen molar-refractivity contribution in [3.8, 4) is 5.88 Å². The second kappa shape index (κ2) is 5.96. The third kappa shape index (κ3) is 3.77. The normalized spacial score (nSPS) is 11.0. The Morgan fingerprint density at radius 3 is 2.52 bits per heavy atom. The average Bonchev–Trinajstić information content (AvgIpc) is 2.43. The predicted octanol–water partition coefficient (Wildman–Crippen LogP) is 0.766. The molecule has 23 heavy (non-hydrogen) atoms. The van der Waals surface area contributed by atoms with Crippen molar-refractivity contribution in [3.05, 3.63) is 41.5 Å². The van der Waals surface area contributed by atoms with Crippen molar-refractivity contribution >= 4 is 22.0 Å². The van der Waals surface area contributed by atoms with E-state index < -0.39 is 33.5 Å². The molecule has 1 aromatic carbocycles. The first-order valence-corrected chi connectivity index (χ1v) is 7.49. The largest absolute Gasteiger partial charge is 0.465 e. The smallest absolute Gasteiger partial charge is 0.410 e. The van der Waals surface area contributed by atoms with Gasteiger partial charge in [-0.3, -0.25) is 10.7 Å². The molecule has 0 aliphatic carbocycles. The van der Waals surface area contributed by atoms with E-state index in [9.17, 15) is 18.4 Å². The van der Waals surface area contributed by atoms with E-state index in [-0.39, 0.29) is 9.63 Å². The minimum atomic E-state index is -4.22. The number of hydrogen-bond donors (Lipinski definition) is 4. The molecule has 0 atom stereocenters. The van der Waals surface area contributed by atoms with Gasteiger partial charge in [-0.05, 0) is 19.1 Å². The third-order valence-electron chi connectivity index (χ3n) is 2.64. The van der Waals surface area contributed by atoms with Gasteiger partial charge in [0.05, 0.1) is 0 Å². The van der Waals surface area contributed by atoms with Gasteiger partial charge in [0, 0.05) is 6.07 Å². The van der Waals surface area contributed by atoms with Gasteiger partial charge in [0.2, 0.25) is 5.88 Å². The van der Waals surface area contributed by atoms with Gasteiger partial charge >= 0.3 is 16.2 Å². The van der Waals surface area contributed by atoms with E-state index in [0.29, 0.717) is 0 Å². The lowest BCUT2D eigenvalue weighted by atomic mass is 10.2. The molecule has 1 aromatic heterocycles. The summed E-state index contributed by atoms with van der Waals surface area (Å²) in [6, 6.07) is 6.64. The Morgan fingerprint density at radius 2 is 1.96 bits per heavy atom. The summed E-state index contributed by atoms with van der Waals surface area (Å²) in [5.41, 5.74) is 0.0369. The third-order valence-corrected chi connectivity index (χ3v) is 3.88. The van der Waals surface area contributed by atoms with Crippen molar-refractivity contribution < 1.29 is 27.7 Å². The van der Waals surface area contributed by atoms with Gasteiger partial charge in [-0.15, -0.1) is 4.73 Å². The van der Waals surface area contributed by atoms with Crippen LogP contribution in [0.4, 0.5) is 10.6 Å². The van der Waals surface area contributed by atoms with Gasteiger partial charge in [0.1, 0.15) is 4.90 Å². The molecule has 2 aromatic rings. The number of hydrogen-bond acceptors (Lipinski definition) is 7. The number of anilines is 1. The number of nitrogens with zero attached hydrogens (tertiary/aromatic N) is 2. The molecule has 0 radical (unpaired) electrons.